The molecule has 3 N–H and O–H groups in total. The average molecular weight is 374 g/mol. The van der Waals surface area contributed by atoms with Gasteiger partial charge in [0.15, 0.2) is 0 Å². The molecule has 0 aliphatic heterocycles. The maximum Gasteiger partial charge on any atom is 0.0551 e. The average Bonchev–Trinajstić information content (AvgIpc) is 2.41. The highest BCUT2D eigenvalue weighted by atomic mass is 79.9. The topological polar surface area (TPSA) is 38.0 Å². The van der Waals surface area contributed by atoms with Crippen LogP contribution in [0.4, 0.5) is 0 Å². The first-order valence-corrected chi connectivity index (χ1v) is 7.72. The summed E-state index contributed by atoms with van der Waals surface area (Å²) in [6.07, 6.45) is 0.702. The third kappa shape index (κ3) is 3.74. The molecule has 0 aliphatic carbocycles. The molecular weight excluding hydrogens is 359 g/mol. The zero-order chi connectivity index (χ0) is 14.7. The Morgan fingerprint density at radius 1 is 1.15 bits per heavy atom. The van der Waals surface area contributed by atoms with E-state index in [1.165, 1.54) is 0 Å². The summed E-state index contributed by atoms with van der Waals surface area (Å²) in [4.78, 5) is 0. The third-order valence-electron chi connectivity index (χ3n) is 3.18. The van der Waals surface area contributed by atoms with Gasteiger partial charge >= 0.3 is 0 Å². The van der Waals surface area contributed by atoms with E-state index in [2.05, 4.69) is 21.4 Å². The molecule has 0 fully saturated rings. The van der Waals surface area contributed by atoms with Crippen LogP contribution in [0, 0.1) is 6.92 Å². The standard InChI is InChI=1S/C15H15BrCl2N2/c1-9-2-3-10(13(17)6-9)8-15(20-19)11-4-5-12(16)14(18)7-11/h2-7,15,20H,8,19H2,1H3. The lowest BCUT2D eigenvalue weighted by atomic mass is 9.99. The maximum atomic E-state index is 6.27. The van der Waals surface area contributed by atoms with E-state index in [4.69, 9.17) is 29.0 Å². The fourth-order valence-electron chi connectivity index (χ4n) is 2.04. The van der Waals surface area contributed by atoms with Crippen molar-refractivity contribution >= 4 is 39.1 Å². The van der Waals surface area contributed by atoms with Crippen LogP contribution in [0.15, 0.2) is 40.9 Å². The number of aryl methyl sites for hydroxylation is 1. The van der Waals surface area contributed by atoms with Crippen LogP contribution in [0.3, 0.4) is 0 Å². The van der Waals surface area contributed by atoms with Crippen molar-refractivity contribution in [2.24, 2.45) is 5.84 Å². The van der Waals surface area contributed by atoms with Crippen LogP contribution < -0.4 is 11.3 Å². The minimum Gasteiger partial charge on any atom is -0.271 e. The Morgan fingerprint density at radius 2 is 1.90 bits per heavy atom. The van der Waals surface area contributed by atoms with Crippen LogP contribution in [0.25, 0.3) is 0 Å². The van der Waals surface area contributed by atoms with Crippen LogP contribution in [-0.4, -0.2) is 0 Å². The van der Waals surface area contributed by atoms with E-state index in [0.29, 0.717) is 11.4 Å². The number of benzene rings is 2. The highest BCUT2D eigenvalue weighted by Gasteiger charge is 2.14. The highest BCUT2D eigenvalue weighted by Crippen LogP contribution is 2.29. The second-order valence-corrected chi connectivity index (χ2v) is 6.36. The Balaban J connectivity index is 2.26. The molecule has 1 unspecified atom stereocenters. The molecule has 0 radical (unpaired) electrons. The van der Waals surface area contributed by atoms with Gasteiger partial charge in [-0.3, -0.25) is 11.3 Å². The Labute approximate surface area is 137 Å². The molecule has 0 aliphatic rings. The molecule has 2 aromatic carbocycles. The molecule has 2 aromatic rings. The fourth-order valence-corrected chi connectivity index (χ4v) is 2.79. The predicted molar refractivity (Wildman–Crippen MR) is 89.1 cm³/mol. The zero-order valence-electron chi connectivity index (χ0n) is 11.0. The SMILES string of the molecule is Cc1ccc(CC(NN)c2ccc(Br)c(Cl)c2)c(Cl)c1. The molecule has 0 bridgehead atoms. The van der Waals surface area contributed by atoms with Crippen molar-refractivity contribution in [2.75, 3.05) is 0 Å². The molecule has 5 heteroatoms. The van der Waals surface area contributed by atoms with Gasteiger partial charge in [-0.25, -0.2) is 0 Å². The van der Waals surface area contributed by atoms with Crippen LogP contribution in [0.1, 0.15) is 22.7 Å². The van der Waals surface area contributed by atoms with Crippen molar-refractivity contribution < 1.29 is 0 Å². The predicted octanol–water partition coefficient (Wildman–Crippen LogP) is 4.81. The smallest absolute Gasteiger partial charge is 0.0551 e. The summed E-state index contributed by atoms with van der Waals surface area (Å²) in [5.41, 5.74) is 6.04. The lowest BCUT2D eigenvalue weighted by molar-refractivity contribution is 0.552. The van der Waals surface area contributed by atoms with Gasteiger partial charge in [-0.15, -0.1) is 0 Å². The fraction of sp³-hybridized carbons (Fsp3) is 0.200. The zero-order valence-corrected chi connectivity index (χ0v) is 14.1. The molecule has 0 saturated heterocycles. The highest BCUT2D eigenvalue weighted by molar-refractivity contribution is 9.10. The van der Waals surface area contributed by atoms with E-state index in [9.17, 15) is 0 Å². The molecule has 0 saturated carbocycles. The second kappa shape index (κ2) is 6.92. The van der Waals surface area contributed by atoms with Crippen LogP contribution >= 0.6 is 39.1 Å². The first kappa shape index (κ1) is 15.8. The minimum atomic E-state index is -0.0409. The summed E-state index contributed by atoms with van der Waals surface area (Å²) >= 11 is 15.8. The number of hydrogen-bond donors (Lipinski definition) is 2. The van der Waals surface area contributed by atoms with Gasteiger partial charge in [-0.05, 0) is 64.2 Å². The molecule has 20 heavy (non-hydrogen) atoms. The van der Waals surface area contributed by atoms with Gasteiger partial charge in [-0.2, -0.15) is 0 Å². The minimum absolute atomic E-state index is 0.0409. The first-order valence-electron chi connectivity index (χ1n) is 6.17. The molecule has 2 nitrogen and oxygen atoms in total. The second-order valence-electron chi connectivity index (χ2n) is 4.69. The van der Waals surface area contributed by atoms with Crippen LogP contribution in [0.2, 0.25) is 10.0 Å². The summed E-state index contributed by atoms with van der Waals surface area (Å²) in [5, 5.41) is 1.42. The number of halogens is 3. The Bertz CT molecular complexity index is 617. The quantitative estimate of drug-likeness (QED) is 0.596. The van der Waals surface area contributed by atoms with Gasteiger partial charge in [0, 0.05) is 9.50 Å². The lowest BCUT2D eigenvalue weighted by Gasteiger charge is -2.18. The monoisotopic (exact) mass is 372 g/mol. The third-order valence-corrected chi connectivity index (χ3v) is 4.76. The van der Waals surface area contributed by atoms with Gasteiger partial charge < -0.3 is 0 Å². The Hall–Kier alpha value is -0.580. The molecule has 0 amide bonds. The van der Waals surface area contributed by atoms with Gasteiger partial charge in [0.05, 0.1) is 11.1 Å². The molecule has 106 valence electrons. The molecule has 0 aromatic heterocycles. The molecule has 0 spiro atoms. The van der Waals surface area contributed by atoms with E-state index in [1.807, 2.05) is 43.3 Å². The number of nitrogens with two attached hydrogens (primary N) is 1. The largest absolute Gasteiger partial charge is 0.271 e. The summed E-state index contributed by atoms with van der Waals surface area (Å²) in [6, 6.07) is 11.8. The summed E-state index contributed by atoms with van der Waals surface area (Å²) in [6.45, 7) is 2.02. The van der Waals surface area contributed by atoms with E-state index in [1.54, 1.807) is 0 Å². The lowest BCUT2D eigenvalue weighted by Crippen LogP contribution is -2.29. The number of hydrazine groups is 1. The van der Waals surface area contributed by atoms with Gasteiger partial charge in [-0.1, -0.05) is 41.4 Å². The summed E-state index contributed by atoms with van der Waals surface area (Å²) in [5.74, 6) is 5.67. The van der Waals surface area contributed by atoms with Crippen molar-refractivity contribution in [3.63, 3.8) is 0 Å². The van der Waals surface area contributed by atoms with Crippen LogP contribution in [0.5, 0.6) is 0 Å². The van der Waals surface area contributed by atoms with E-state index in [-0.39, 0.29) is 6.04 Å². The molecule has 1 atom stereocenters. The molecular formula is C15H15BrCl2N2. The maximum absolute atomic E-state index is 6.27. The number of hydrogen-bond acceptors (Lipinski definition) is 2. The van der Waals surface area contributed by atoms with E-state index < -0.39 is 0 Å². The summed E-state index contributed by atoms with van der Waals surface area (Å²) < 4.78 is 0.868. The van der Waals surface area contributed by atoms with Crippen molar-refractivity contribution in [2.45, 2.75) is 19.4 Å². The van der Waals surface area contributed by atoms with Crippen LogP contribution in [-0.2, 0) is 6.42 Å². The van der Waals surface area contributed by atoms with Crippen molar-refractivity contribution in [1.29, 1.82) is 0 Å². The normalized spacial score (nSPS) is 12.4. The van der Waals surface area contributed by atoms with Gasteiger partial charge in [0.25, 0.3) is 0 Å². The van der Waals surface area contributed by atoms with Crippen molar-refractivity contribution in [1.82, 2.24) is 5.43 Å². The molecule has 0 heterocycles. The Morgan fingerprint density at radius 3 is 2.50 bits per heavy atom. The summed E-state index contributed by atoms with van der Waals surface area (Å²) in [7, 11) is 0. The molecule has 2 rings (SSSR count). The number of nitrogens with one attached hydrogen (secondary N) is 1. The van der Waals surface area contributed by atoms with E-state index >= 15 is 0 Å². The van der Waals surface area contributed by atoms with Gasteiger partial charge in [0.1, 0.15) is 0 Å². The first-order chi connectivity index (χ1) is 9.51. The van der Waals surface area contributed by atoms with E-state index in [0.717, 1.165) is 26.2 Å². The van der Waals surface area contributed by atoms with Crippen molar-refractivity contribution in [3.05, 3.63) is 67.6 Å². The van der Waals surface area contributed by atoms with Gasteiger partial charge in [0.2, 0.25) is 0 Å². The Kier molecular flexibility index (Phi) is 5.47. The van der Waals surface area contributed by atoms with Crippen molar-refractivity contribution in [3.8, 4) is 0 Å². The number of rotatable bonds is 4.